The van der Waals surface area contributed by atoms with Crippen LogP contribution in [0, 0.1) is 5.92 Å². The van der Waals surface area contributed by atoms with Crippen molar-refractivity contribution in [2.24, 2.45) is 11.7 Å². The Hall–Kier alpha value is -3.51. The summed E-state index contributed by atoms with van der Waals surface area (Å²) in [5.74, 6) is -5.40. The number of rotatable bonds is 14. The van der Waals surface area contributed by atoms with Gasteiger partial charge >= 0.3 is 11.9 Å². The van der Waals surface area contributed by atoms with Crippen molar-refractivity contribution in [2.75, 3.05) is 0 Å². The van der Waals surface area contributed by atoms with E-state index in [9.17, 15) is 34.2 Å². The molecule has 0 radical (unpaired) electrons. The molecule has 0 saturated carbocycles. The summed E-state index contributed by atoms with van der Waals surface area (Å²) in [4.78, 5) is 60.7. The smallest absolute Gasteiger partial charge is 0.326 e. The van der Waals surface area contributed by atoms with Crippen molar-refractivity contribution in [1.82, 2.24) is 16.0 Å². The van der Waals surface area contributed by atoms with Gasteiger partial charge in [0.15, 0.2) is 0 Å². The zero-order valence-corrected chi connectivity index (χ0v) is 19.9. The van der Waals surface area contributed by atoms with Gasteiger partial charge in [-0.3, -0.25) is 19.2 Å². The molecule has 5 atom stereocenters. The number of carboxylic acids is 2. The van der Waals surface area contributed by atoms with Crippen molar-refractivity contribution in [3.8, 4) is 0 Å². The second kappa shape index (κ2) is 14.0. The fourth-order valence-electron chi connectivity index (χ4n) is 3.12. The van der Waals surface area contributed by atoms with Crippen LogP contribution in [0.1, 0.15) is 39.2 Å². The minimum Gasteiger partial charge on any atom is -0.481 e. The Morgan fingerprint density at radius 3 is 1.91 bits per heavy atom. The van der Waals surface area contributed by atoms with Crippen LogP contribution >= 0.6 is 0 Å². The van der Waals surface area contributed by atoms with E-state index < -0.39 is 72.3 Å². The van der Waals surface area contributed by atoms with Gasteiger partial charge in [0.25, 0.3) is 0 Å². The van der Waals surface area contributed by atoms with E-state index in [0.717, 1.165) is 0 Å². The van der Waals surface area contributed by atoms with E-state index in [0.29, 0.717) is 5.56 Å². The fraction of sp³-hybridized carbons (Fsp3) is 0.522. The third-order valence-electron chi connectivity index (χ3n) is 5.25. The Morgan fingerprint density at radius 2 is 1.43 bits per heavy atom. The van der Waals surface area contributed by atoms with Gasteiger partial charge in [0.2, 0.25) is 17.7 Å². The van der Waals surface area contributed by atoms with Crippen LogP contribution in [0.5, 0.6) is 0 Å². The summed E-state index contributed by atoms with van der Waals surface area (Å²) in [6, 6.07) is 3.56. The number of aliphatic carboxylic acids is 2. The van der Waals surface area contributed by atoms with Gasteiger partial charge < -0.3 is 37.0 Å². The molecule has 0 spiro atoms. The molecule has 194 valence electrons. The third kappa shape index (κ3) is 10.1. The molecule has 12 heteroatoms. The number of nitrogens with two attached hydrogens (primary N) is 1. The number of amides is 3. The van der Waals surface area contributed by atoms with E-state index in [-0.39, 0.29) is 12.8 Å². The van der Waals surface area contributed by atoms with Crippen molar-refractivity contribution in [1.29, 1.82) is 0 Å². The first-order valence-electron chi connectivity index (χ1n) is 11.2. The average molecular weight is 495 g/mol. The number of aliphatic hydroxyl groups is 1. The predicted octanol–water partition coefficient (Wildman–Crippen LogP) is -1.00. The van der Waals surface area contributed by atoms with E-state index >= 15 is 0 Å². The van der Waals surface area contributed by atoms with E-state index in [4.69, 9.17) is 10.8 Å². The molecule has 0 bridgehead atoms. The highest BCUT2D eigenvalue weighted by molar-refractivity contribution is 5.94. The lowest BCUT2D eigenvalue weighted by molar-refractivity contribution is -0.142. The number of carbonyl (C=O) groups excluding carboxylic acids is 3. The molecule has 1 aromatic carbocycles. The Morgan fingerprint density at radius 1 is 0.857 bits per heavy atom. The Labute approximate surface area is 203 Å². The minimum atomic E-state index is -1.35. The zero-order valence-electron chi connectivity index (χ0n) is 19.9. The van der Waals surface area contributed by atoms with Gasteiger partial charge in [-0.25, -0.2) is 4.79 Å². The minimum absolute atomic E-state index is 0.0230. The molecule has 5 unspecified atom stereocenters. The Bertz CT molecular complexity index is 891. The van der Waals surface area contributed by atoms with Crippen molar-refractivity contribution in [3.05, 3.63) is 35.9 Å². The summed E-state index contributed by atoms with van der Waals surface area (Å²) in [6.45, 7) is 4.54. The van der Waals surface area contributed by atoms with Crippen LogP contribution in [-0.2, 0) is 30.4 Å². The first kappa shape index (κ1) is 29.5. The highest BCUT2D eigenvalue weighted by Crippen LogP contribution is 2.08. The SMILES string of the molecule is CC(C)C(NC(=O)C(CCC(=O)O)NC(=O)C(N)C(C)O)C(=O)NC(Cc1ccccc1)C(=O)O. The van der Waals surface area contributed by atoms with Gasteiger partial charge in [0.1, 0.15) is 24.2 Å². The van der Waals surface area contributed by atoms with E-state index in [1.165, 1.54) is 6.92 Å². The van der Waals surface area contributed by atoms with Crippen molar-refractivity contribution in [3.63, 3.8) is 0 Å². The van der Waals surface area contributed by atoms with Crippen molar-refractivity contribution < 1.29 is 39.3 Å². The number of benzene rings is 1. The lowest BCUT2D eigenvalue weighted by atomic mass is 10.00. The van der Waals surface area contributed by atoms with Crippen molar-refractivity contribution in [2.45, 2.75) is 70.3 Å². The lowest BCUT2D eigenvalue weighted by Gasteiger charge is -2.27. The molecule has 12 nitrogen and oxygen atoms in total. The summed E-state index contributed by atoms with van der Waals surface area (Å²) >= 11 is 0. The number of hydrogen-bond donors (Lipinski definition) is 7. The van der Waals surface area contributed by atoms with E-state index in [1.54, 1.807) is 44.2 Å². The summed E-state index contributed by atoms with van der Waals surface area (Å²) in [5, 5.41) is 35.2. The lowest BCUT2D eigenvalue weighted by Crippen LogP contribution is -2.59. The molecule has 8 N–H and O–H groups in total. The Kier molecular flexibility index (Phi) is 11.8. The molecule has 0 fully saturated rings. The zero-order chi connectivity index (χ0) is 26.7. The fourth-order valence-corrected chi connectivity index (χ4v) is 3.12. The molecular formula is C23H34N4O8. The normalized spacial score (nSPS) is 15.3. The number of carbonyl (C=O) groups is 5. The number of carboxylic acid groups (broad SMARTS) is 2. The second-order valence-corrected chi connectivity index (χ2v) is 8.58. The topological polar surface area (TPSA) is 208 Å². The molecule has 0 heterocycles. The summed E-state index contributed by atoms with van der Waals surface area (Å²) < 4.78 is 0. The van der Waals surface area contributed by atoms with Gasteiger partial charge in [0.05, 0.1) is 6.10 Å². The highest BCUT2D eigenvalue weighted by Gasteiger charge is 2.32. The summed E-state index contributed by atoms with van der Waals surface area (Å²) in [6.07, 6.45) is -1.95. The number of aliphatic hydroxyl groups excluding tert-OH is 1. The molecule has 0 saturated heterocycles. The molecular weight excluding hydrogens is 460 g/mol. The van der Waals surface area contributed by atoms with Gasteiger partial charge in [0, 0.05) is 12.8 Å². The maximum Gasteiger partial charge on any atom is 0.326 e. The Balaban J connectivity index is 2.99. The van der Waals surface area contributed by atoms with E-state index in [1.807, 2.05) is 0 Å². The summed E-state index contributed by atoms with van der Waals surface area (Å²) in [7, 11) is 0. The highest BCUT2D eigenvalue weighted by atomic mass is 16.4. The molecule has 3 amide bonds. The molecule has 0 aliphatic heterocycles. The van der Waals surface area contributed by atoms with Crippen LogP contribution < -0.4 is 21.7 Å². The molecule has 0 aliphatic carbocycles. The predicted molar refractivity (Wildman–Crippen MR) is 125 cm³/mol. The van der Waals surface area contributed by atoms with Crippen molar-refractivity contribution >= 4 is 29.7 Å². The average Bonchev–Trinajstić information content (AvgIpc) is 2.78. The first-order valence-corrected chi connectivity index (χ1v) is 11.2. The van der Waals surface area contributed by atoms with Crippen LogP contribution in [0.15, 0.2) is 30.3 Å². The maximum absolute atomic E-state index is 12.9. The molecule has 1 rings (SSSR count). The number of nitrogens with one attached hydrogen (secondary N) is 3. The van der Waals surface area contributed by atoms with Crippen LogP contribution in [0.25, 0.3) is 0 Å². The van der Waals surface area contributed by atoms with Gasteiger partial charge in [-0.05, 0) is 24.8 Å². The monoisotopic (exact) mass is 494 g/mol. The quantitative estimate of drug-likeness (QED) is 0.169. The summed E-state index contributed by atoms with van der Waals surface area (Å²) in [5.41, 5.74) is 6.27. The van der Waals surface area contributed by atoms with Crippen LogP contribution in [0.3, 0.4) is 0 Å². The van der Waals surface area contributed by atoms with E-state index in [2.05, 4.69) is 16.0 Å². The third-order valence-corrected chi connectivity index (χ3v) is 5.25. The second-order valence-electron chi connectivity index (χ2n) is 8.58. The molecule has 0 aliphatic rings. The number of hydrogen-bond acceptors (Lipinski definition) is 7. The van der Waals surface area contributed by atoms with Gasteiger partial charge in [-0.1, -0.05) is 44.2 Å². The van der Waals surface area contributed by atoms with Crippen LogP contribution in [0.2, 0.25) is 0 Å². The van der Waals surface area contributed by atoms with Crippen LogP contribution in [-0.4, -0.2) is 75.3 Å². The van der Waals surface area contributed by atoms with Gasteiger partial charge in [-0.15, -0.1) is 0 Å². The maximum atomic E-state index is 12.9. The van der Waals surface area contributed by atoms with Gasteiger partial charge in [-0.2, -0.15) is 0 Å². The van der Waals surface area contributed by atoms with Crippen LogP contribution in [0.4, 0.5) is 0 Å². The molecule has 35 heavy (non-hydrogen) atoms. The molecule has 1 aromatic rings. The first-order chi connectivity index (χ1) is 16.3. The largest absolute Gasteiger partial charge is 0.481 e. The standard InChI is InChI=1S/C23H34N4O8/c1-12(2)19(22(33)26-16(23(34)35)11-14-7-5-4-6-8-14)27-20(31)15(9-10-17(29)30)25-21(32)18(24)13(3)28/h4-8,12-13,15-16,18-19,28H,9-11,24H2,1-3H3,(H,25,32)(H,26,33)(H,27,31)(H,29,30)(H,34,35). The molecule has 0 aromatic heterocycles.